The number of ketones is 1. The molecule has 1 atom stereocenters. The molecule has 0 aromatic heterocycles. The van der Waals surface area contributed by atoms with Gasteiger partial charge in [-0.2, -0.15) is 0 Å². The van der Waals surface area contributed by atoms with Crippen LogP contribution in [0.2, 0.25) is 5.02 Å². The van der Waals surface area contributed by atoms with Crippen LogP contribution in [0.4, 0.5) is 4.39 Å². The fourth-order valence-electron chi connectivity index (χ4n) is 1.74. The maximum atomic E-state index is 13.4. The van der Waals surface area contributed by atoms with Crippen molar-refractivity contribution >= 4 is 17.4 Å². The molecular weight excluding hydrogens is 277 g/mol. The number of halogens is 2. The van der Waals surface area contributed by atoms with E-state index in [1.165, 1.54) is 19.1 Å². The summed E-state index contributed by atoms with van der Waals surface area (Å²) in [5.74, 6) is -0.271. The van der Waals surface area contributed by atoms with Crippen molar-refractivity contribution in [3.8, 4) is 0 Å². The van der Waals surface area contributed by atoms with E-state index in [4.69, 9.17) is 11.6 Å². The topological polar surface area (TPSA) is 29.1 Å². The Morgan fingerprint density at radius 3 is 2.35 bits per heavy atom. The van der Waals surface area contributed by atoms with Gasteiger partial charge in [0, 0.05) is 6.54 Å². The molecule has 1 rings (SSSR count). The lowest BCUT2D eigenvalue weighted by Gasteiger charge is -2.16. The Kier molecular flexibility index (Phi) is 9.43. The number of hydrogen-bond donors (Lipinski definition) is 1. The minimum absolute atomic E-state index is 0.0213. The standard InChI is InChI=1S/C14H19ClFNO.C2H6/c1-9(2)7-17-8-12(10(3)18)11-4-5-13(15)14(16)6-11;1-2/h4-6,9,12,17H,7-8H2,1-3H3;1-2H3. The summed E-state index contributed by atoms with van der Waals surface area (Å²) in [5.41, 5.74) is 0.667. The van der Waals surface area contributed by atoms with Crippen LogP contribution in [0.3, 0.4) is 0 Å². The fraction of sp³-hybridized carbons (Fsp3) is 0.562. The van der Waals surface area contributed by atoms with Gasteiger partial charge >= 0.3 is 0 Å². The van der Waals surface area contributed by atoms with Crippen molar-refractivity contribution in [2.75, 3.05) is 13.1 Å². The van der Waals surface area contributed by atoms with E-state index in [0.29, 0.717) is 18.0 Å². The summed E-state index contributed by atoms with van der Waals surface area (Å²) < 4.78 is 13.4. The molecule has 0 spiro atoms. The van der Waals surface area contributed by atoms with E-state index in [1.54, 1.807) is 6.07 Å². The highest BCUT2D eigenvalue weighted by atomic mass is 35.5. The smallest absolute Gasteiger partial charge is 0.142 e. The van der Waals surface area contributed by atoms with E-state index in [-0.39, 0.29) is 16.7 Å². The number of carbonyl (C=O) groups excluding carboxylic acids is 1. The van der Waals surface area contributed by atoms with Gasteiger partial charge in [-0.1, -0.05) is 45.4 Å². The molecule has 1 aromatic rings. The molecule has 4 heteroatoms. The van der Waals surface area contributed by atoms with Gasteiger partial charge in [0.1, 0.15) is 11.6 Å². The molecule has 0 saturated carbocycles. The number of Topliss-reactive ketones (excluding diaryl/α,β-unsaturated/α-hetero) is 1. The van der Waals surface area contributed by atoms with Crippen molar-refractivity contribution in [3.05, 3.63) is 34.6 Å². The lowest BCUT2D eigenvalue weighted by atomic mass is 9.95. The van der Waals surface area contributed by atoms with Gasteiger partial charge in [0.2, 0.25) is 0 Å². The summed E-state index contributed by atoms with van der Waals surface area (Å²) in [6, 6.07) is 4.53. The molecule has 0 radical (unpaired) electrons. The quantitative estimate of drug-likeness (QED) is 0.842. The fourth-order valence-corrected chi connectivity index (χ4v) is 1.86. The maximum absolute atomic E-state index is 13.4. The van der Waals surface area contributed by atoms with Crippen LogP contribution in [0, 0.1) is 11.7 Å². The van der Waals surface area contributed by atoms with Crippen LogP contribution in [0.15, 0.2) is 18.2 Å². The SMILES string of the molecule is CC.CC(=O)C(CNCC(C)C)c1ccc(Cl)c(F)c1. The average Bonchev–Trinajstić information content (AvgIpc) is 2.40. The first-order chi connectivity index (χ1) is 9.41. The second-order valence-corrected chi connectivity index (χ2v) is 5.30. The largest absolute Gasteiger partial charge is 0.315 e. The van der Waals surface area contributed by atoms with Gasteiger partial charge in [-0.15, -0.1) is 0 Å². The highest BCUT2D eigenvalue weighted by Gasteiger charge is 2.17. The number of hydrogen-bond acceptors (Lipinski definition) is 2. The van der Waals surface area contributed by atoms with E-state index >= 15 is 0 Å². The summed E-state index contributed by atoms with van der Waals surface area (Å²) in [4.78, 5) is 11.6. The number of nitrogens with one attached hydrogen (secondary N) is 1. The van der Waals surface area contributed by atoms with Gasteiger partial charge in [-0.05, 0) is 37.1 Å². The van der Waals surface area contributed by atoms with Gasteiger partial charge in [-0.25, -0.2) is 4.39 Å². The lowest BCUT2D eigenvalue weighted by Crippen LogP contribution is -2.28. The molecule has 1 unspecified atom stereocenters. The third-order valence-electron chi connectivity index (χ3n) is 2.74. The molecule has 0 fully saturated rings. The molecule has 20 heavy (non-hydrogen) atoms. The summed E-state index contributed by atoms with van der Waals surface area (Å²) in [6.07, 6.45) is 0. The molecule has 0 heterocycles. The number of carbonyl (C=O) groups is 1. The lowest BCUT2D eigenvalue weighted by molar-refractivity contribution is -0.118. The Labute approximate surface area is 126 Å². The van der Waals surface area contributed by atoms with E-state index < -0.39 is 5.82 Å². The molecule has 0 amide bonds. The van der Waals surface area contributed by atoms with Crippen LogP contribution >= 0.6 is 11.6 Å². The van der Waals surface area contributed by atoms with E-state index in [2.05, 4.69) is 19.2 Å². The highest BCUT2D eigenvalue weighted by molar-refractivity contribution is 6.30. The molecule has 0 bridgehead atoms. The van der Waals surface area contributed by atoms with Gasteiger partial charge in [0.15, 0.2) is 0 Å². The zero-order valence-electron chi connectivity index (χ0n) is 13.0. The van der Waals surface area contributed by atoms with Crippen molar-refractivity contribution in [2.45, 2.75) is 40.5 Å². The second kappa shape index (κ2) is 9.89. The maximum Gasteiger partial charge on any atom is 0.142 e. The molecule has 1 N–H and O–H groups in total. The Morgan fingerprint density at radius 1 is 1.30 bits per heavy atom. The van der Waals surface area contributed by atoms with Crippen LogP contribution in [0.25, 0.3) is 0 Å². The highest BCUT2D eigenvalue weighted by Crippen LogP contribution is 2.22. The molecule has 0 aliphatic rings. The van der Waals surface area contributed by atoms with E-state index in [0.717, 1.165) is 6.54 Å². The van der Waals surface area contributed by atoms with Crippen LogP contribution in [0.1, 0.15) is 46.1 Å². The molecule has 0 saturated heterocycles. The first kappa shape index (κ1) is 19.1. The molecule has 1 aromatic carbocycles. The van der Waals surface area contributed by atoms with Crippen molar-refractivity contribution in [2.24, 2.45) is 5.92 Å². The zero-order valence-corrected chi connectivity index (χ0v) is 13.7. The summed E-state index contributed by atoms with van der Waals surface area (Å²) in [5, 5.41) is 3.30. The van der Waals surface area contributed by atoms with Crippen molar-refractivity contribution in [1.29, 1.82) is 0 Å². The first-order valence-corrected chi connectivity index (χ1v) is 7.45. The molecular formula is C16H25ClFNO. The van der Waals surface area contributed by atoms with Crippen LogP contribution in [-0.2, 0) is 4.79 Å². The van der Waals surface area contributed by atoms with E-state index in [9.17, 15) is 9.18 Å². The predicted molar refractivity (Wildman–Crippen MR) is 83.9 cm³/mol. The minimum Gasteiger partial charge on any atom is -0.315 e. The first-order valence-electron chi connectivity index (χ1n) is 7.08. The van der Waals surface area contributed by atoms with Crippen molar-refractivity contribution in [1.82, 2.24) is 5.32 Å². The van der Waals surface area contributed by atoms with Crippen molar-refractivity contribution in [3.63, 3.8) is 0 Å². The summed E-state index contributed by atoms with van der Waals surface area (Å²) in [6.45, 7) is 11.1. The third-order valence-corrected chi connectivity index (χ3v) is 3.04. The van der Waals surface area contributed by atoms with E-state index in [1.807, 2.05) is 13.8 Å². The monoisotopic (exact) mass is 301 g/mol. The molecule has 0 aliphatic heterocycles. The van der Waals surface area contributed by atoms with Crippen LogP contribution in [-0.4, -0.2) is 18.9 Å². The van der Waals surface area contributed by atoms with Gasteiger partial charge in [-0.3, -0.25) is 4.79 Å². The second-order valence-electron chi connectivity index (χ2n) is 4.89. The molecule has 2 nitrogen and oxygen atoms in total. The minimum atomic E-state index is -0.482. The number of benzene rings is 1. The van der Waals surface area contributed by atoms with Crippen LogP contribution < -0.4 is 5.32 Å². The Balaban J connectivity index is 0.00000172. The Bertz CT molecular complexity index is 421. The molecule has 0 aliphatic carbocycles. The average molecular weight is 302 g/mol. The van der Waals surface area contributed by atoms with Crippen molar-refractivity contribution < 1.29 is 9.18 Å². The summed E-state index contributed by atoms with van der Waals surface area (Å²) in [7, 11) is 0. The van der Waals surface area contributed by atoms with Gasteiger partial charge < -0.3 is 5.32 Å². The van der Waals surface area contributed by atoms with Gasteiger partial charge in [0.05, 0.1) is 10.9 Å². The van der Waals surface area contributed by atoms with Crippen LogP contribution in [0.5, 0.6) is 0 Å². The predicted octanol–water partition coefficient (Wildman–Crippen LogP) is 4.42. The normalized spacial score (nSPS) is 11.8. The third kappa shape index (κ3) is 6.49. The number of rotatable bonds is 6. The summed E-state index contributed by atoms with van der Waals surface area (Å²) >= 11 is 5.64. The van der Waals surface area contributed by atoms with Gasteiger partial charge in [0.25, 0.3) is 0 Å². The molecule has 114 valence electrons. The Morgan fingerprint density at radius 2 is 1.90 bits per heavy atom. The zero-order chi connectivity index (χ0) is 15.7. The Hall–Kier alpha value is -0.930.